The van der Waals surface area contributed by atoms with Crippen LogP contribution in [0.3, 0.4) is 0 Å². The van der Waals surface area contributed by atoms with Crippen LogP contribution in [0, 0.1) is 5.82 Å². The molecule has 0 radical (unpaired) electrons. The van der Waals surface area contributed by atoms with Gasteiger partial charge in [0.2, 0.25) is 0 Å². The molecule has 158 valence electrons. The van der Waals surface area contributed by atoms with E-state index in [0.29, 0.717) is 11.4 Å². The second kappa shape index (κ2) is 8.83. The SMILES string of the molecule is CNC(=O)c1cc(Oc2ccc(NC(=O)Nc3ccc4c(c3)CCC4)c(F)c2)ccn1. The molecule has 0 saturated carbocycles. The fraction of sp³-hybridized carbons (Fsp3) is 0.174. The Morgan fingerprint density at radius 1 is 0.968 bits per heavy atom. The Balaban J connectivity index is 1.40. The van der Waals surface area contributed by atoms with Gasteiger partial charge in [-0.15, -0.1) is 0 Å². The first-order valence-corrected chi connectivity index (χ1v) is 9.87. The van der Waals surface area contributed by atoms with Crippen molar-refractivity contribution in [2.75, 3.05) is 17.7 Å². The van der Waals surface area contributed by atoms with E-state index in [1.165, 1.54) is 42.6 Å². The lowest BCUT2D eigenvalue weighted by Crippen LogP contribution is -2.20. The molecule has 0 saturated heterocycles. The second-order valence-corrected chi connectivity index (χ2v) is 7.12. The van der Waals surface area contributed by atoms with Gasteiger partial charge in [0.05, 0.1) is 5.69 Å². The molecule has 7 nitrogen and oxygen atoms in total. The number of carbonyl (C=O) groups excluding carboxylic acids is 2. The molecule has 1 heterocycles. The van der Waals surface area contributed by atoms with E-state index < -0.39 is 11.8 Å². The number of carbonyl (C=O) groups is 2. The van der Waals surface area contributed by atoms with Gasteiger partial charge in [0.25, 0.3) is 5.91 Å². The number of hydrogen-bond acceptors (Lipinski definition) is 4. The average Bonchev–Trinajstić information content (AvgIpc) is 3.23. The highest BCUT2D eigenvalue weighted by atomic mass is 19.1. The number of nitrogens with one attached hydrogen (secondary N) is 3. The molecule has 31 heavy (non-hydrogen) atoms. The van der Waals surface area contributed by atoms with Crippen molar-refractivity contribution in [2.24, 2.45) is 0 Å². The fourth-order valence-electron chi connectivity index (χ4n) is 3.46. The summed E-state index contributed by atoms with van der Waals surface area (Å²) in [5.74, 6) is -0.452. The zero-order chi connectivity index (χ0) is 21.8. The number of fused-ring (bicyclic) bond motifs is 1. The van der Waals surface area contributed by atoms with E-state index >= 15 is 0 Å². The summed E-state index contributed by atoms with van der Waals surface area (Å²) in [6, 6.07) is 12.4. The van der Waals surface area contributed by atoms with Gasteiger partial charge in [-0.3, -0.25) is 9.78 Å². The summed E-state index contributed by atoms with van der Waals surface area (Å²) >= 11 is 0. The average molecular weight is 420 g/mol. The van der Waals surface area contributed by atoms with Crippen LogP contribution in [0.1, 0.15) is 28.0 Å². The summed E-state index contributed by atoms with van der Waals surface area (Å²) in [4.78, 5) is 27.9. The number of urea groups is 1. The topological polar surface area (TPSA) is 92.4 Å². The standard InChI is InChI=1S/C23H21FN4O3/c1-25-22(29)21-13-18(9-10-26-21)31-17-7-8-20(19(24)12-17)28-23(30)27-16-6-5-14-3-2-4-15(14)11-16/h5-13H,2-4H2,1H3,(H,25,29)(H2,27,28,30). The number of hydrogen-bond donors (Lipinski definition) is 3. The van der Waals surface area contributed by atoms with E-state index in [1.54, 1.807) is 6.07 Å². The van der Waals surface area contributed by atoms with E-state index in [1.807, 2.05) is 18.2 Å². The van der Waals surface area contributed by atoms with Gasteiger partial charge in [-0.2, -0.15) is 0 Å². The molecule has 0 atom stereocenters. The Labute approximate surface area is 178 Å². The molecule has 1 aliphatic rings. The van der Waals surface area contributed by atoms with E-state index in [4.69, 9.17) is 4.74 Å². The minimum Gasteiger partial charge on any atom is -0.457 e. The highest BCUT2D eigenvalue weighted by Gasteiger charge is 2.13. The van der Waals surface area contributed by atoms with E-state index in [-0.39, 0.29) is 23.0 Å². The number of halogens is 1. The molecule has 3 aromatic rings. The number of aromatic nitrogens is 1. The number of amides is 3. The van der Waals surface area contributed by atoms with Gasteiger partial charge in [-0.1, -0.05) is 6.07 Å². The van der Waals surface area contributed by atoms with Gasteiger partial charge in [0.1, 0.15) is 23.0 Å². The van der Waals surface area contributed by atoms with Crippen molar-refractivity contribution in [1.82, 2.24) is 10.3 Å². The zero-order valence-corrected chi connectivity index (χ0v) is 16.9. The molecule has 0 unspecified atom stereocenters. The maximum Gasteiger partial charge on any atom is 0.323 e. The van der Waals surface area contributed by atoms with Crippen molar-refractivity contribution in [3.8, 4) is 11.5 Å². The van der Waals surface area contributed by atoms with Crippen LogP contribution in [0.25, 0.3) is 0 Å². The highest BCUT2D eigenvalue weighted by Crippen LogP contribution is 2.27. The maximum absolute atomic E-state index is 14.5. The number of rotatable bonds is 5. The molecule has 4 rings (SSSR count). The lowest BCUT2D eigenvalue weighted by atomic mass is 10.1. The molecule has 1 aliphatic carbocycles. The van der Waals surface area contributed by atoms with Gasteiger partial charge < -0.3 is 20.7 Å². The first kappa shape index (κ1) is 20.3. The summed E-state index contributed by atoms with van der Waals surface area (Å²) in [5, 5.41) is 7.71. The Bertz CT molecular complexity index is 1150. The third-order valence-corrected chi connectivity index (χ3v) is 4.97. The minimum atomic E-state index is -0.651. The number of benzene rings is 2. The van der Waals surface area contributed by atoms with Crippen molar-refractivity contribution in [2.45, 2.75) is 19.3 Å². The Hall–Kier alpha value is -3.94. The van der Waals surface area contributed by atoms with Crippen LogP contribution in [0.15, 0.2) is 54.7 Å². The van der Waals surface area contributed by atoms with Crippen LogP contribution in [0.4, 0.5) is 20.6 Å². The lowest BCUT2D eigenvalue weighted by molar-refractivity contribution is 0.0958. The molecular formula is C23H21FN4O3. The van der Waals surface area contributed by atoms with Crippen molar-refractivity contribution < 1.29 is 18.7 Å². The van der Waals surface area contributed by atoms with Gasteiger partial charge in [-0.25, -0.2) is 9.18 Å². The third-order valence-electron chi connectivity index (χ3n) is 4.97. The molecule has 0 aliphatic heterocycles. The van der Waals surface area contributed by atoms with Crippen molar-refractivity contribution in [3.05, 3.63) is 77.4 Å². The van der Waals surface area contributed by atoms with Crippen LogP contribution in [-0.2, 0) is 12.8 Å². The second-order valence-electron chi connectivity index (χ2n) is 7.12. The number of pyridine rings is 1. The van der Waals surface area contributed by atoms with Gasteiger partial charge in [0, 0.05) is 31.1 Å². The summed E-state index contributed by atoms with van der Waals surface area (Å²) in [7, 11) is 1.50. The quantitative estimate of drug-likeness (QED) is 0.566. The molecule has 2 aromatic carbocycles. The Morgan fingerprint density at radius 3 is 2.58 bits per heavy atom. The third kappa shape index (κ3) is 4.80. The largest absolute Gasteiger partial charge is 0.457 e. The molecule has 8 heteroatoms. The van der Waals surface area contributed by atoms with Gasteiger partial charge in [0.15, 0.2) is 0 Å². The Morgan fingerprint density at radius 2 is 1.77 bits per heavy atom. The zero-order valence-electron chi connectivity index (χ0n) is 16.9. The molecule has 3 amide bonds. The molecule has 0 spiro atoms. The maximum atomic E-state index is 14.5. The van der Waals surface area contributed by atoms with Crippen LogP contribution >= 0.6 is 0 Å². The fourth-order valence-corrected chi connectivity index (χ4v) is 3.46. The van der Waals surface area contributed by atoms with Crippen molar-refractivity contribution in [3.63, 3.8) is 0 Å². The predicted octanol–water partition coefficient (Wildman–Crippen LogP) is 4.51. The molecule has 0 fully saturated rings. The first-order chi connectivity index (χ1) is 15.0. The first-order valence-electron chi connectivity index (χ1n) is 9.87. The number of nitrogens with zero attached hydrogens (tertiary/aromatic N) is 1. The van der Waals surface area contributed by atoms with E-state index in [9.17, 15) is 14.0 Å². The predicted molar refractivity (Wildman–Crippen MR) is 115 cm³/mol. The monoisotopic (exact) mass is 420 g/mol. The van der Waals surface area contributed by atoms with Crippen LogP contribution < -0.4 is 20.7 Å². The van der Waals surface area contributed by atoms with E-state index in [2.05, 4.69) is 20.9 Å². The highest BCUT2D eigenvalue weighted by molar-refractivity contribution is 6.00. The van der Waals surface area contributed by atoms with Crippen molar-refractivity contribution in [1.29, 1.82) is 0 Å². The normalized spacial score (nSPS) is 12.1. The van der Waals surface area contributed by atoms with Crippen LogP contribution in [0.2, 0.25) is 0 Å². The van der Waals surface area contributed by atoms with Gasteiger partial charge in [-0.05, 0) is 60.7 Å². The van der Waals surface area contributed by atoms with Gasteiger partial charge >= 0.3 is 6.03 Å². The summed E-state index contributed by atoms with van der Waals surface area (Å²) in [6.45, 7) is 0. The van der Waals surface area contributed by atoms with Crippen molar-refractivity contribution >= 4 is 23.3 Å². The minimum absolute atomic E-state index is 0.0202. The Kier molecular flexibility index (Phi) is 5.79. The smallest absolute Gasteiger partial charge is 0.323 e. The number of aryl methyl sites for hydroxylation is 2. The summed E-state index contributed by atoms with van der Waals surface area (Å²) in [5.41, 5.74) is 3.42. The lowest BCUT2D eigenvalue weighted by Gasteiger charge is -2.11. The molecule has 3 N–H and O–H groups in total. The molecule has 0 bridgehead atoms. The van der Waals surface area contributed by atoms with Crippen LogP contribution in [0.5, 0.6) is 11.5 Å². The molecular weight excluding hydrogens is 399 g/mol. The summed E-state index contributed by atoms with van der Waals surface area (Å²) in [6.07, 6.45) is 4.62. The molecule has 1 aromatic heterocycles. The summed E-state index contributed by atoms with van der Waals surface area (Å²) < 4.78 is 20.1. The number of ether oxygens (including phenoxy) is 1. The van der Waals surface area contributed by atoms with Crippen LogP contribution in [-0.4, -0.2) is 24.0 Å². The van der Waals surface area contributed by atoms with E-state index in [0.717, 1.165) is 25.3 Å². The number of anilines is 2.